The molecule has 15 nitrogen and oxygen atoms in total. The van der Waals surface area contributed by atoms with Crippen LogP contribution in [0.4, 0.5) is 0 Å². The summed E-state index contributed by atoms with van der Waals surface area (Å²) < 4.78 is 46.7. The summed E-state index contributed by atoms with van der Waals surface area (Å²) in [4.78, 5) is 6.52. The van der Waals surface area contributed by atoms with Crippen molar-refractivity contribution in [1.29, 1.82) is 31.6 Å². The van der Waals surface area contributed by atoms with Crippen molar-refractivity contribution in [2.75, 3.05) is 0 Å². The van der Waals surface area contributed by atoms with E-state index >= 15 is 0 Å². The van der Waals surface area contributed by atoms with Gasteiger partial charge in [-0.3, -0.25) is 0 Å². The number of hydrogen-bond donors (Lipinski definition) is 2. The van der Waals surface area contributed by atoms with Gasteiger partial charge in [-0.25, -0.2) is 0 Å². The third-order valence-corrected chi connectivity index (χ3v) is 17.5. The normalized spacial score (nSPS) is 16.4. The molecule has 6 aromatic carbocycles. The number of nitrogens with zero attached hydrogens (tertiary/aromatic N) is 7. The molecule has 60 heavy (non-hydrogen) atoms. The number of rotatable bonds is 12. The van der Waals surface area contributed by atoms with Gasteiger partial charge < -0.3 is 0 Å². The van der Waals surface area contributed by atoms with E-state index in [1.807, 2.05) is 0 Å². The minimum atomic E-state index is -5.72. The van der Waals surface area contributed by atoms with Crippen LogP contribution in [0, 0.1) is 68.0 Å². The zero-order valence-electron chi connectivity index (χ0n) is 30.8. The standard InChI is InChI=1S/C42H26N9O6P3/c43-25-31-1-13-37(14-2-31)52-59(53-38-15-3-32(26-44)4-16-38,54-39-17-5-33(27-45)6-18-39)49-58-50-60(51-59,55-40-19-7-34(28-46)8-20-40,56-41-21-9-35(29-47)10-22-41)57-42-23-11-36(30-48)12-24-42/h1-24,51H,(H,49,50). The van der Waals surface area contributed by atoms with E-state index in [9.17, 15) is 31.6 Å². The molecule has 2 N–H and O–H groups in total. The molecule has 6 aromatic rings. The van der Waals surface area contributed by atoms with E-state index in [1.54, 1.807) is 0 Å². The van der Waals surface area contributed by atoms with Crippen molar-refractivity contribution in [3.05, 3.63) is 179 Å². The van der Waals surface area contributed by atoms with Crippen molar-refractivity contribution in [3.63, 3.8) is 0 Å². The van der Waals surface area contributed by atoms with Crippen LogP contribution in [0.5, 0.6) is 34.5 Å². The van der Waals surface area contributed by atoms with Crippen LogP contribution >= 0.6 is 23.7 Å². The van der Waals surface area contributed by atoms with Gasteiger partial charge in [-0.15, -0.1) is 0 Å². The van der Waals surface area contributed by atoms with E-state index in [1.165, 1.54) is 146 Å². The van der Waals surface area contributed by atoms with Gasteiger partial charge in [-0.05, 0) is 0 Å². The van der Waals surface area contributed by atoms with Crippen molar-refractivity contribution in [2.24, 2.45) is 4.52 Å². The Morgan fingerprint density at radius 2 is 0.567 bits per heavy atom. The average molecular weight is 846 g/mol. The van der Waals surface area contributed by atoms with Crippen molar-refractivity contribution < 1.29 is 27.1 Å². The molecule has 18 heteroatoms. The summed E-state index contributed by atoms with van der Waals surface area (Å²) in [6.07, 6.45) is 0. The van der Waals surface area contributed by atoms with Gasteiger partial charge in [-0.2, -0.15) is 0 Å². The van der Waals surface area contributed by atoms with Crippen LogP contribution in [0.3, 0.4) is 0 Å². The summed E-state index contributed by atoms with van der Waals surface area (Å²) in [5, 5.41) is 57.8. The van der Waals surface area contributed by atoms with Gasteiger partial charge in [0.2, 0.25) is 0 Å². The van der Waals surface area contributed by atoms with Gasteiger partial charge in [0.05, 0.1) is 0 Å². The molecule has 0 aromatic heterocycles. The zero-order chi connectivity index (χ0) is 42.1. The first-order valence-electron chi connectivity index (χ1n) is 17.4. The molecule has 0 saturated carbocycles. The third kappa shape index (κ3) is 8.60. The molecule has 1 aliphatic rings. The Kier molecular flexibility index (Phi) is 11.0. The maximum absolute atomic E-state index is 9.63. The minimum absolute atomic E-state index is 0.0800. The van der Waals surface area contributed by atoms with Crippen molar-refractivity contribution in [3.8, 4) is 70.9 Å². The summed E-state index contributed by atoms with van der Waals surface area (Å²) in [6, 6.07) is 48.8. The summed E-state index contributed by atoms with van der Waals surface area (Å²) in [6.45, 7) is 0. The molecule has 0 radical (unpaired) electrons. The molecule has 7 rings (SSSR count). The Morgan fingerprint density at radius 1 is 0.350 bits per heavy atom. The molecule has 290 valence electrons. The van der Waals surface area contributed by atoms with Gasteiger partial charge in [0, 0.05) is 0 Å². The molecule has 1 aliphatic heterocycles. The van der Waals surface area contributed by atoms with Gasteiger partial charge in [-0.1, -0.05) is 0 Å². The molecular formula is C42H26N9O6P3. The molecule has 0 aliphatic carbocycles. The predicted molar refractivity (Wildman–Crippen MR) is 220 cm³/mol. The van der Waals surface area contributed by atoms with Crippen LogP contribution in [-0.4, -0.2) is 0 Å². The van der Waals surface area contributed by atoms with E-state index in [2.05, 4.69) is 46.1 Å². The number of nitrogens with one attached hydrogen (secondary N) is 2. The zero-order valence-corrected chi connectivity index (χ0v) is 33.5. The van der Waals surface area contributed by atoms with E-state index in [0.29, 0.717) is 33.4 Å². The van der Waals surface area contributed by atoms with E-state index in [0.717, 1.165) is 0 Å². The Balaban J connectivity index is 1.56. The molecule has 0 bridgehead atoms. The number of benzene rings is 6. The van der Waals surface area contributed by atoms with Crippen LogP contribution in [-0.2, 0) is 0 Å². The SMILES string of the molecule is N#Cc1ccc(OP2(Oc3ccc(C#N)cc3)(Oc3ccc(C#N)cc3)N=PNP(Oc3ccc(C#N)cc3)(Oc3ccc(C#N)cc3)(Oc3ccc(C#N)cc3)N2)cc1. The van der Waals surface area contributed by atoms with E-state index in [4.69, 9.17) is 31.7 Å². The Hall–Kier alpha value is -8.06. The molecule has 0 amide bonds. The van der Waals surface area contributed by atoms with Crippen molar-refractivity contribution >= 4 is 23.7 Å². The van der Waals surface area contributed by atoms with Crippen LogP contribution in [0.15, 0.2) is 150 Å². The van der Waals surface area contributed by atoms with Crippen LogP contribution in [0.1, 0.15) is 33.4 Å². The fourth-order valence-corrected chi connectivity index (χ4v) is 15.8. The predicted octanol–water partition coefficient (Wildman–Crippen LogP) is 10.2. The molecule has 1 heterocycles. The molecule has 0 atom stereocenters. The van der Waals surface area contributed by atoms with E-state index in [-0.39, 0.29) is 43.0 Å². The van der Waals surface area contributed by atoms with Gasteiger partial charge >= 0.3 is 347 Å². The van der Waals surface area contributed by atoms with Crippen LogP contribution < -0.4 is 36.9 Å². The van der Waals surface area contributed by atoms with Crippen molar-refractivity contribution in [2.45, 2.75) is 0 Å². The van der Waals surface area contributed by atoms with E-state index < -0.39 is 15.2 Å². The molecular weight excluding hydrogens is 819 g/mol. The first-order valence-corrected chi connectivity index (χ1v) is 22.2. The monoisotopic (exact) mass is 845 g/mol. The number of nitriles is 6. The van der Waals surface area contributed by atoms with Crippen molar-refractivity contribution in [1.82, 2.24) is 9.72 Å². The molecule has 0 unspecified atom stereocenters. The van der Waals surface area contributed by atoms with Crippen LogP contribution in [0.25, 0.3) is 0 Å². The summed E-state index contributed by atoms with van der Waals surface area (Å²) in [5.74, 6) is 0.602. The second-order valence-corrected chi connectivity index (χ2v) is 19.5. The quantitative estimate of drug-likeness (QED) is 0.109. The molecule has 0 spiro atoms. The fraction of sp³-hybridized carbons (Fsp3) is 0. The second-order valence-electron chi connectivity index (χ2n) is 12.5. The van der Waals surface area contributed by atoms with Crippen LogP contribution in [0.2, 0.25) is 0 Å². The Bertz CT molecular complexity index is 2560. The number of hydrogen-bond acceptors (Lipinski definition) is 15. The molecule has 0 fully saturated rings. The maximum atomic E-state index is 9.63. The van der Waals surface area contributed by atoms with Gasteiger partial charge in [0.1, 0.15) is 0 Å². The van der Waals surface area contributed by atoms with Gasteiger partial charge in [0.25, 0.3) is 0 Å². The second kappa shape index (κ2) is 16.4. The third-order valence-electron chi connectivity index (χ3n) is 8.27. The average Bonchev–Trinajstić information content (AvgIpc) is 3.28. The molecule has 0 saturated heterocycles. The first-order chi connectivity index (χ1) is 29.1. The topological polar surface area (TPSA) is 235 Å². The summed E-state index contributed by atoms with van der Waals surface area (Å²) in [5.41, 5.74) is 1.92. The summed E-state index contributed by atoms with van der Waals surface area (Å²) >= 11 is 0. The summed E-state index contributed by atoms with van der Waals surface area (Å²) in [7, 11) is -11.4. The Labute approximate surface area is 345 Å². The Morgan fingerprint density at radius 3 is 0.783 bits per heavy atom. The fourth-order valence-electron chi connectivity index (χ4n) is 5.53. The first kappa shape index (κ1) is 40.1. The van der Waals surface area contributed by atoms with Gasteiger partial charge in [0.15, 0.2) is 0 Å².